The van der Waals surface area contributed by atoms with Gasteiger partial charge >= 0.3 is 5.97 Å². The Morgan fingerprint density at radius 2 is 2.27 bits per heavy atom. The van der Waals surface area contributed by atoms with Crippen molar-refractivity contribution in [1.82, 2.24) is 5.32 Å². The standard InChI is InChI=1S/C10H10BrNO2.ClH/c11-8-3-1-2-6-5-12-9(10(13)14)4-7(6)8;/h1-3,9,12H,4-5H2,(H,13,14);1H. The van der Waals surface area contributed by atoms with Crippen LogP contribution in [0.2, 0.25) is 0 Å². The lowest BCUT2D eigenvalue weighted by Gasteiger charge is -2.23. The molecule has 0 saturated carbocycles. The predicted molar refractivity (Wildman–Crippen MR) is 63.4 cm³/mol. The molecule has 1 unspecified atom stereocenters. The third kappa shape index (κ3) is 2.51. The van der Waals surface area contributed by atoms with Crippen molar-refractivity contribution < 1.29 is 9.90 Å². The molecule has 1 aromatic rings. The van der Waals surface area contributed by atoms with Gasteiger partial charge in [0.2, 0.25) is 0 Å². The Hall–Kier alpha value is -0.580. The van der Waals surface area contributed by atoms with Crippen LogP contribution in [0.4, 0.5) is 0 Å². The second-order valence-corrected chi connectivity index (χ2v) is 4.21. The molecule has 2 rings (SSSR count). The van der Waals surface area contributed by atoms with Crippen molar-refractivity contribution in [3.63, 3.8) is 0 Å². The summed E-state index contributed by atoms with van der Waals surface area (Å²) in [5, 5.41) is 11.9. The van der Waals surface area contributed by atoms with Crippen LogP contribution in [0.5, 0.6) is 0 Å². The molecule has 0 bridgehead atoms. The van der Waals surface area contributed by atoms with E-state index in [0.717, 1.165) is 10.0 Å². The Morgan fingerprint density at radius 3 is 2.93 bits per heavy atom. The minimum Gasteiger partial charge on any atom is -0.480 e. The highest BCUT2D eigenvalue weighted by Crippen LogP contribution is 2.25. The first kappa shape index (κ1) is 12.5. The predicted octanol–water partition coefficient (Wildman–Crippen LogP) is 1.97. The molecule has 0 spiro atoms. The maximum atomic E-state index is 10.8. The van der Waals surface area contributed by atoms with Gasteiger partial charge in [0, 0.05) is 11.0 Å². The quantitative estimate of drug-likeness (QED) is 0.832. The van der Waals surface area contributed by atoms with Crippen molar-refractivity contribution in [2.45, 2.75) is 19.0 Å². The van der Waals surface area contributed by atoms with Gasteiger partial charge < -0.3 is 10.4 Å². The molecular formula is C10H11BrClNO2. The number of hydrogen-bond donors (Lipinski definition) is 2. The minimum absolute atomic E-state index is 0. The molecule has 1 aliphatic rings. The molecule has 2 N–H and O–H groups in total. The average Bonchev–Trinajstić information content (AvgIpc) is 2.18. The number of carboxylic acids is 1. The molecule has 1 atom stereocenters. The van der Waals surface area contributed by atoms with Gasteiger partial charge in [-0.25, -0.2) is 0 Å². The van der Waals surface area contributed by atoms with Gasteiger partial charge in [-0.1, -0.05) is 28.1 Å². The van der Waals surface area contributed by atoms with Gasteiger partial charge in [0.05, 0.1) is 0 Å². The molecule has 1 aliphatic heterocycles. The van der Waals surface area contributed by atoms with Crippen LogP contribution in [0.3, 0.4) is 0 Å². The monoisotopic (exact) mass is 291 g/mol. The molecule has 15 heavy (non-hydrogen) atoms. The topological polar surface area (TPSA) is 49.3 Å². The van der Waals surface area contributed by atoms with Gasteiger partial charge in [0.1, 0.15) is 6.04 Å². The van der Waals surface area contributed by atoms with E-state index in [9.17, 15) is 4.79 Å². The molecular weight excluding hydrogens is 281 g/mol. The average molecular weight is 293 g/mol. The highest BCUT2D eigenvalue weighted by Gasteiger charge is 2.24. The summed E-state index contributed by atoms with van der Waals surface area (Å²) in [7, 11) is 0. The highest BCUT2D eigenvalue weighted by molar-refractivity contribution is 9.10. The largest absolute Gasteiger partial charge is 0.480 e. The van der Waals surface area contributed by atoms with Crippen LogP contribution in [0.25, 0.3) is 0 Å². The van der Waals surface area contributed by atoms with E-state index < -0.39 is 12.0 Å². The molecule has 5 heteroatoms. The number of benzene rings is 1. The van der Waals surface area contributed by atoms with Crippen molar-refractivity contribution in [1.29, 1.82) is 0 Å². The Balaban J connectivity index is 0.00000112. The smallest absolute Gasteiger partial charge is 0.321 e. The van der Waals surface area contributed by atoms with Crippen LogP contribution in [0.1, 0.15) is 11.1 Å². The van der Waals surface area contributed by atoms with E-state index in [-0.39, 0.29) is 12.4 Å². The van der Waals surface area contributed by atoms with Crippen LogP contribution in [-0.4, -0.2) is 17.1 Å². The summed E-state index contributed by atoms with van der Waals surface area (Å²) in [6.45, 7) is 0.631. The SMILES string of the molecule is Cl.O=C(O)C1Cc2c(Br)cccc2CN1. The number of fused-ring (bicyclic) bond motifs is 1. The molecule has 1 aromatic carbocycles. The van der Waals surface area contributed by atoms with Crippen molar-refractivity contribution in [2.24, 2.45) is 0 Å². The van der Waals surface area contributed by atoms with Gasteiger partial charge in [0.25, 0.3) is 0 Å². The summed E-state index contributed by atoms with van der Waals surface area (Å²) in [5.41, 5.74) is 2.29. The molecule has 0 amide bonds. The lowest BCUT2D eigenvalue weighted by Crippen LogP contribution is -2.41. The number of hydrogen-bond acceptors (Lipinski definition) is 2. The lowest BCUT2D eigenvalue weighted by molar-refractivity contribution is -0.139. The second kappa shape index (κ2) is 4.96. The lowest BCUT2D eigenvalue weighted by atomic mass is 9.96. The zero-order chi connectivity index (χ0) is 10.1. The van der Waals surface area contributed by atoms with Gasteiger partial charge in [-0.05, 0) is 23.6 Å². The first-order valence-corrected chi connectivity index (χ1v) is 5.20. The van der Waals surface area contributed by atoms with E-state index >= 15 is 0 Å². The summed E-state index contributed by atoms with van der Waals surface area (Å²) in [6.07, 6.45) is 0.548. The number of nitrogens with one attached hydrogen (secondary N) is 1. The van der Waals surface area contributed by atoms with Crippen molar-refractivity contribution >= 4 is 34.3 Å². The van der Waals surface area contributed by atoms with Crippen LogP contribution in [0.15, 0.2) is 22.7 Å². The maximum absolute atomic E-state index is 10.8. The third-order valence-electron chi connectivity index (χ3n) is 2.46. The number of halogens is 2. The van der Waals surface area contributed by atoms with E-state index in [1.54, 1.807) is 0 Å². The molecule has 0 aromatic heterocycles. The summed E-state index contributed by atoms with van der Waals surface area (Å²) >= 11 is 3.44. The Kier molecular flexibility index (Phi) is 4.13. The molecule has 0 saturated heterocycles. The first-order chi connectivity index (χ1) is 6.68. The summed E-state index contributed by atoms with van der Waals surface area (Å²) in [4.78, 5) is 10.8. The van der Waals surface area contributed by atoms with Gasteiger partial charge in [0.15, 0.2) is 0 Å². The van der Waals surface area contributed by atoms with Crippen LogP contribution in [-0.2, 0) is 17.8 Å². The van der Waals surface area contributed by atoms with Crippen molar-refractivity contribution in [3.05, 3.63) is 33.8 Å². The van der Waals surface area contributed by atoms with E-state index in [1.807, 2.05) is 18.2 Å². The van der Waals surface area contributed by atoms with Crippen LogP contribution in [0, 0.1) is 0 Å². The van der Waals surface area contributed by atoms with E-state index in [4.69, 9.17) is 5.11 Å². The number of aliphatic carboxylic acids is 1. The third-order valence-corrected chi connectivity index (χ3v) is 3.20. The van der Waals surface area contributed by atoms with E-state index in [0.29, 0.717) is 13.0 Å². The fourth-order valence-corrected chi connectivity index (χ4v) is 2.25. The van der Waals surface area contributed by atoms with Gasteiger partial charge in [-0.15, -0.1) is 12.4 Å². The first-order valence-electron chi connectivity index (χ1n) is 4.41. The zero-order valence-electron chi connectivity index (χ0n) is 7.87. The Morgan fingerprint density at radius 1 is 1.53 bits per heavy atom. The van der Waals surface area contributed by atoms with E-state index in [1.165, 1.54) is 5.56 Å². The maximum Gasteiger partial charge on any atom is 0.321 e. The van der Waals surface area contributed by atoms with Crippen molar-refractivity contribution in [3.8, 4) is 0 Å². The normalized spacial score (nSPS) is 18.9. The number of carbonyl (C=O) groups is 1. The van der Waals surface area contributed by atoms with Gasteiger partial charge in [-0.3, -0.25) is 4.79 Å². The Labute approximate surface area is 102 Å². The number of rotatable bonds is 1. The number of carboxylic acid groups (broad SMARTS) is 1. The second-order valence-electron chi connectivity index (χ2n) is 3.35. The summed E-state index contributed by atoms with van der Waals surface area (Å²) in [5.74, 6) is -0.786. The van der Waals surface area contributed by atoms with Crippen LogP contribution < -0.4 is 5.32 Å². The molecule has 0 aliphatic carbocycles. The minimum atomic E-state index is -0.786. The molecule has 82 valence electrons. The molecule has 3 nitrogen and oxygen atoms in total. The zero-order valence-corrected chi connectivity index (χ0v) is 10.3. The van der Waals surface area contributed by atoms with Gasteiger partial charge in [-0.2, -0.15) is 0 Å². The molecule has 1 heterocycles. The van der Waals surface area contributed by atoms with Crippen LogP contribution >= 0.6 is 28.3 Å². The Bertz CT molecular complexity index is 384. The summed E-state index contributed by atoms with van der Waals surface area (Å²) < 4.78 is 1.00. The molecule has 0 fully saturated rings. The highest BCUT2D eigenvalue weighted by atomic mass is 79.9. The van der Waals surface area contributed by atoms with Crippen molar-refractivity contribution in [2.75, 3.05) is 0 Å². The van der Waals surface area contributed by atoms with E-state index in [2.05, 4.69) is 21.2 Å². The molecule has 0 radical (unpaired) electrons. The summed E-state index contributed by atoms with van der Waals surface area (Å²) in [6, 6.07) is 5.47. The fraction of sp³-hybridized carbons (Fsp3) is 0.300. The fourth-order valence-electron chi connectivity index (χ4n) is 1.68.